The Balaban J connectivity index is 2.55. The Morgan fingerprint density at radius 3 is 2.50 bits per heavy atom. The first-order chi connectivity index (χ1) is 11.6. The molecular formula is C19H32N4O. The largest absolute Gasteiger partial charge is 0.356 e. The SMILES string of the molecule is CCCNC(=O)c1cccc(CNC(=NC)NCC(CC)CC)c1. The Morgan fingerprint density at radius 2 is 1.88 bits per heavy atom. The zero-order valence-electron chi connectivity index (χ0n) is 15.5. The van der Waals surface area contributed by atoms with Gasteiger partial charge in [-0.05, 0) is 30.0 Å². The fraction of sp³-hybridized carbons (Fsp3) is 0.579. The van der Waals surface area contributed by atoms with E-state index in [9.17, 15) is 4.79 Å². The molecule has 0 spiro atoms. The Kier molecular flexibility index (Phi) is 9.58. The van der Waals surface area contributed by atoms with Gasteiger partial charge in [-0.2, -0.15) is 0 Å². The van der Waals surface area contributed by atoms with Crippen molar-refractivity contribution >= 4 is 11.9 Å². The van der Waals surface area contributed by atoms with E-state index in [0.717, 1.165) is 37.3 Å². The highest BCUT2D eigenvalue weighted by Gasteiger charge is 2.07. The van der Waals surface area contributed by atoms with Crippen molar-refractivity contribution in [2.45, 2.75) is 46.6 Å². The number of nitrogens with one attached hydrogen (secondary N) is 3. The van der Waals surface area contributed by atoms with Crippen LogP contribution in [-0.2, 0) is 6.54 Å². The van der Waals surface area contributed by atoms with Crippen LogP contribution in [0.5, 0.6) is 0 Å². The number of amides is 1. The Hall–Kier alpha value is -2.04. The van der Waals surface area contributed by atoms with Gasteiger partial charge in [-0.15, -0.1) is 0 Å². The molecule has 0 fully saturated rings. The molecule has 1 amide bonds. The molecule has 1 aromatic carbocycles. The van der Waals surface area contributed by atoms with E-state index in [1.807, 2.05) is 31.2 Å². The summed E-state index contributed by atoms with van der Waals surface area (Å²) in [5.74, 6) is 1.44. The number of nitrogens with zero attached hydrogens (tertiary/aromatic N) is 1. The summed E-state index contributed by atoms with van der Waals surface area (Å²) in [6.45, 7) is 8.72. The minimum Gasteiger partial charge on any atom is -0.356 e. The Labute approximate surface area is 146 Å². The number of guanidine groups is 1. The predicted molar refractivity (Wildman–Crippen MR) is 101 cm³/mol. The number of carbonyl (C=O) groups excluding carboxylic acids is 1. The van der Waals surface area contributed by atoms with E-state index in [4.69, 9.17) is 0 Å². The Bertz CT molecular complexity index is 524. The number of carbonyl (C=O) groups is 1. The first-order valence-electron chi connectivity index (χ1n) is 8.96. The summed E-state index contributed by atoms with van der Waals surface area (Å²) in [7, 11) is 1.77. The summed E-state index contributed by atoms with van der Waals surface area (Å²) in [5.41, 5.74) is 1.76. The number of benzene rings is 1. The van der Waals surface area contributed by atoms with Crippen LogP contribution in [0, 0.1) is 5.92 Å². The fourth-order valence-corrected chi connectivity index (χ4v) is 2.39. The van der Waals surface area contributed by atoms with Crippen LogP contribution in [-0.4, -0.2) is 32.0 Å². The van der Waals surface area contributed by atoms with Gasteiger partial charge in [-0.1, -0.05) is 45.7 Å². The molecule has 24 heavy (non-hydrogen) atoms. The van der Waals surface area contributed by atoms with Gasteiger partial charge in [0.25, 0.3) is 5.91 Å². The normalized spacial score (nSPS) is 11.5. The van der Waals surface area contributed by atoms with Crippen molar-refractivity contribution < 1.29 is 4.79 Å². The zero-order chi connectivity index (χ0) is 17.8. The van der Waals surface area contributed by atoms with Gasteiger partial charge in [0.2, 0.25) is 0 Å². The zero-order valence-corrected chi connectivity index (χ0v) is 15.5. The van der Waals surface area contributed by atoms with Crippen LogP contribution in [0.2, 0.25) is 0 Å². The first kappa shape index (κ1) is 20.0. The topological polar surface area (TPSA) is 65.5 Å². The van der Waals surface area contributed by atoms with Crippen molar-refractivity contribution in [2.75, 3.05) is 20.1 Å². The van der Waals surface area contributed by atoms with Crippen LogP contribution in [0.25, 0.3) is 0 Å². The van der Waals surface area contributed by atoms with Crippen molar-refractivity contribution in [3.8, 4) is 0 Å². The summed E-state index contributed by atoms with van der Waals surface area (Å²) in [5, 5.41) is 9.57. The number of hydrogen-bond acceptors (Lipinski definition) is 2. The van der Waals surface area contributed by atoms with Gasteiger partial charge in [0.15, 0.2) is 5.96 Å². The van der Waals surface area contributed by atoms with Crippen molar-refractivity contribution in [3.63, 3.8) is 0 Å². The van der Waals surface area contributed by atoms with Gasteiger partial charge < -0.3 is 16.0 Å². The molecule has 0 aliphatic rings. The van der Waals surface area contributed by atoms with Gasteiger partial charge in [-0.3, -0.25) is 9.79 Å². The average molecular weight is 332 g/mol. The van der Waals surface area contributed by atoms with Gasteiger partial charge in [-0.25, -0.2) is 0 Å². The maximum atomic E-state index is 12.0. The molecule has 1 rings (SSSR count). The highest BCUT2D eigenvalue weighted by atomic mass is 16.1. The molecule has 0 aliphatic carbocycles. The molecular weight excluding hydrogens is 300 g/mol. The Morgan fingerprint density at radius 1 is 1.12 bits per heavy atom. The maximum absolute atomic E-state index is 12.0. The predicted octanol–water partition coefficient (Wildman–Crippen LogP) is 2.93. The van der Waals surface area contributed by atoms with E-state index >= 15 is 0 Å². The third-order valence-corrected chi connectivity index (χ3v) is 4.12. The molecule has 0 heterocycles. The smallest absolute Gasteiger partial charge is 0.251 e. The van der Waals surface area contributed by atoms with Gasteiger partial charge in [0.05, 0.1) is 0 Å². The quantitative estimate of drug-likeness (QED) is 0.481. The van der Waals surface area contributed by atoms with Crippen molar-refractivity contribution in [2.24, 2.45) is 10.9 Å². The van der Waals surface area contributed by atoms with E-state index in [-0.39, 0.29) is 5.91 Å². The molecule has 0 aromatic heterocycles. The summed E-state index contributed by atoms with van der Waals surface area (Å²) < 4.78 is 0. The molecule has 0 atom stereocenters. The standard InChI is InChI=1S/C19H32N4O/c1-5-11-21-18(24)17-10-8-9-16(12-17)14-23-19(20-4)22-13-15(6-2)7-3/h8-10,12,15H,5-7,11,13-14H2,1-4H3,(H,21,24)(H2,20,22,23). The van der Waals surface area contributed by atoms with Crippen LogP contribution in [0.4, 0.5) is 0 Å². The van der Waals surface area contributed by atoms with Gasteiger partial charge >= 0.3 is 0 Å². The second-order valence-electron chi connectivity index (χ2n) is 5.95. The van der Waals surface area contributed by atoms with Crippen molar-refractivity contribution in [1.29, 1.82) is 0 Å². The molecule has 5 nitrogen and oxygen atoms in total. The third kappa shape index (κ3) is 7.02. The first-order valence-corrected chi connectivity index (χ1v) is 8.96. The highest BCUT2D eigenvalue weighted by molar-refractivity contribution is 5.94. The molecule has 1 aromatic rings. The summed E-state index contributed by atoms with van der Waals surface area (Å²) in [6, 6.07) is 7.69. The van der Waals surface area contributed by atoms with Gasteiger partial charge in [0, 0.05) is 32.2 Å². The average Bonchev–Trinajstić information content (AvgIpc) is 2.63. The monoisotopic (exact) mass is 332 g/mol. The van der Waals surface area contributed by atoms with Gasteiger partial charge in [0.1, 0.15) is 0 Å². The second kappa shape index (κ2) is 11.5. The van der Waals surface area contributed by atoms with Crippen molar-refractivity contribution in [1.82, 2.24) is 16.0 Å². The van der Waals surface area contributed by atoms with Crippen LogP contribution in [0.1, 0.15) is 56.0 Å². The van der Waals surface area contributed by atoms with Crippen molar-refractivity contribution in [3.05, 3.63) is 35.4 Å². The van der Waals surface area contributed by atoms with Crippen LogP contribution in [0.3, 0.4) is 0 Å². The lowest BCUT2D eigenvalue weighted by atomic mass is 10.0. The minimum absolute atomic E-state index is 0.0186. The number of rotatable bonds is 9. The summed E-state index contributed by atoms with van der Waals surface area (Å²) >= 11 is 0. The maximum Gasteiger partial charge on any atom is 0.251 e. The fourth-order valence-electron chi connectivity index (χ4n) is 2.39. The lowest BCUT2D eigenvalue weighted by Crippen LogP contribution is -2.39. The third-order valence-electron chi connectivity index (χ3n) is 4.12. The lowest BCUT2D eigenvalue weighted by Gasteiger charge is -2.17. The molecule has 0 radical (unpaired) electrons. The van der Waals surface area contributed by atoms with Crippen LogP contribution < -0.4 is 16.0 Å². The molecule has 134 valence electrons. The summed E-state index contributed by atoms with van der Waals surface area (Å²) in [4.78, 5) is 16.3. The van der Waals surface area contributed by atoms with E-state index < -0.39 is 0 Å². The number of hydrogen-bond donors (Lipinski definition) is 3. The molecule has 0 saturated heterocycles. The number of aliphatic imine (C=N–C) groups is 1. The molecule has 0 aliphatic heterocycles. The highest BCUT2D eigenvalue weighted by Crippen LogP contribution is 2.06. The lowest BCUT2D eigenvalue weighted by molar-refractivity contribution is 0.0953. The van der Waals surface area contributed by atoms with E-state index in [1.54, 1.807) is 7.05 Å². The molecule has 0 bridgehead atoms. The van der Waals surface area contributed by atoms with E-state index in [1.165, 1.54) is 0 Å². The van der Waals surface area contributed by atoms with Crippen LogP contribution >= 0.6 is 0 Å². The molecule has 3 N–H and O–H groups in total. The second-order valence-corrected chi connectivity index (χ2v) is 5.95. The minimum atomic E-state index is -0.0186. The summed E-state index contributed by atoms with van der Waals surface area (Å²) in [6.07, 6.45) is 3.26. The molecule has 5 heteroatoms. The van der Waals surface area contributed by atoms with E-state index in [2.05, 4.69) is 34.8 Å². The molecule has 0 saturated carbocycles. The van der Waals surface area contributed by atoms with Crippen LogP contribution in [0.15, 0.2) is 29.3 Å². The van der Waals surface area contributed by atoms with E-state index in [0.29, 0.717) is 24.6 Å². The molecule has 0 unspecified atom stereocenters.